The third-order valence-electron chi connectivity index (χ3n) is 3.57. The fourth-order valence-corrected chi connectivity index (χ4v) is 2.49. The summed E-state index contributed by atoms with van der Waals surface area (Å²) in [4.78, 5) is 14.0. The largest absolute Gasteiger partial charge is 0.353 e. The number of hydrogen-bond donors (Lipinski definition) is 2. The first-order chi connectivity index (χ1) is 8.13. The molecule has 1 aliphatic rings. The Morgan fingerprint density at radius 3 is 2.76 bits per heavy atom. The van der Waals surface area contributed by atoms with Crippen LogP contribution in [0.3, 0.4) is 0 Å². The Kier molecular flexibility index (Phi) is 6.52. The zero-order valence-electron chi connectivity index (χ0n) is 11.5. The van der Waals surface area contributed by atoms with Crippen molar-refractivity contribution in [1.29, 1.82) is 0 Å². The molecular formula is C13H27N3O. The molecule has 4 nitrogen and oxygen atoms in total. The minimum atomic E-state index is 0.213. The maximum Gasteiger partial charge on any atom is 0.220 e. The topological polar surface area (TPSA) is 44.4 Å². The third kappa shape index (κ3) is 5.50. The number of amides is 1. The molecule has 2 atom stereocenters. The Morgan fingerprint density at radius 2 is 2.12 bits per heavy atom. The summed E-state index contributed by atoms with van der Waals surface area (Å²) in [7, 11) is 6.17. The van der Waals surface area contributed by atoms with Crippen LogP contribution in [0.15, 0.2) is 0 Å². The van der Waals surface area contributed by atoms with Crippen molar-refractivity contribution < 1.29 is 4.79 Å². The van der Waals surface area contributed by atoms with Crippen molar-refractivity contribution in [3.05, 3.63) is 0 Å². The summed E-state index contributed by atoms with van der Waals surface area (Å²) in [5.74, 6) is 0.213. The van der Waals surface area contributed by atoms with Crippen LogP contribution in [-0.2, 0) is 4.79 Å². The lowest BCUT2D eigenvalue weighted by Gasteiger charge is -2.33. The van der Waals surface area contributed by atoms with Crippen LogP contribution in [0.4, 0.5) is 0 Å². The Labute approximate surface area is 105 Å². The van der Waals surface area contributed by atoms with E-state index in [4.69, 9.17) is 0 Å². The van der Waals surface area contributed by atoms with E-state index in [1.54, 1.807) is 0 Å². The predicted octanol–water partition coefficient (Wildman–Crippen LogP) is 0.975. The van der Waals surface area contributed by atoms with Crippen molar-refractivity contribution in [2.24, 2.45) is 0 Å². The quantitative estimate of drug-likeness (QED) is 0.681. The van der Waals surface area contributed by atoms with Crippen LogP contribution < -0.4 is 10.6 Å². The first kappa shape index (κ1) is 14.5. The Balaban J connectivity index is 2.23. The highest BCUT2D eigenvalue weighted by Gasteiger charge is 2.24. The summed E-state index contributed by atoms with van der Waals surface area (Å²) in [5.41, 5.74) is 0. The maximum atomic E-state index is 11.7. The van der Waals surface area contributed by atoms with Gasteiger partial charge in [0.25, 0.3) is 0 Å². The van der Waals surface area contributed by atoms with E-state index in [1.807, 2.05) is 7.05 Å². The van der Waals surface area contributed by atoms with E-state index in [-0.39, 0.29) is 5.91 Å². The second kappa shape index (κ2) is 7.67. The highest BCUT2D eigenvalue weighted by Crippen LogP contribution is 2.21. The molecule has 4 heteroatoms. The normalized spacial score (nSPS) is 24.9. The van der Waals surface area contributed by atoms with Crippen molar-refractivity contribution in [2.75, 3.05) is 27.7 Å². The first-order valence-electron chi connectivity index (χ1n) is 6.74. The number of rotatable bonds is 6. The van der Waals surface area contributed by atoms with Crippen molar-refractivity contribution in [3.8, 4) is 0 Å². The molecule has 0 aromatic rings. The fraction of sp³-hybridized carbons (Fsp3) is 0.923. The summed E-state index contributed by atoms with van der Waals surface area (Å²) in [6.07, 6.45) is 6.30. The van der Waals surface area contributed by atoms with Crippen LogP contribution >= 0.6 is 0 Å². The zero-order valence-corrected chi connectivity index (χ0v) is 11.5. The van der Waals surface area contributed by atoms with Crippen LogP contribution in [0.5, 0.6) is 0 Å². The molecule has 100 valence electrons. The smallest absolute Gasteiger partial charge is 0.220 e. The molecule has 0 spiro atoms. The van der Waals surface area contributed by atoms with Gasteiger partial charge in [0.1, 0.15) is 0 Å². The van der Waals surface area contributed by atoms with E-state index < -0.39 is 0 Å². The van der Waals surface area contributed by atoms with E-state index in [1.165, 1.54) is 12.8 Å². The SMILES string of the molecule is CNCCCC(=O)NC1CCCC(N(C)C)C1. The lowest BCUT2D eigenvalue weighted by molar-refractivity contribution is -0.122. The summed E-state index contributed by atoms with van der Waals surface area (Å²) in [6.45, 7) is 0.915. The lowest BCUT2D eigenvalue weighted by Crippen LogP contribution is -2.43. The molecule has 1 saturated carbocycles. The summed E-state index contributed by atoms with van der Waals surface area (Å²) in [5, 5.41) is 6.23. The molecule has 1 aliphatic carbocycles. The average molecular weight is 241 g/mol. The highest BCUT2D eigenvalue weighted by atomic mass is 16.1. The molecule has 0 saturated heterocycles. The van der Waals surface area contributed by atoms with Gasteiger partial charge >= 0.3 is 0 Å². The van der Waals surface area contributed by atoms with Gasteiger partial charge in [-0.2, -0.15) is 0 Å². The van der Waals surface area contributed by atoms with E-state index in [9.17, 15) is 4.79 Å². The zero-order chi connectivity index (χ0) is 12.7. The van der Waals surface area contributed by atoms with Gasteiger partial charge in [-0.15, -0.1) is 0 Å². The molecule has 0 heterocycles. The number of carbonyl (C=O) groups excluding carboxylic acids is 1. The second-order valence-corrected chi connectivity index (χ2v) is 5.26. The molecule has 1 fully saturated rings. The van der Waals surface area contributed by atoms with E-state index in [2.05, 4.69) is 29.6 Å². The van der Waals surface area contributed by atoms with E-state index >= 15 is 0 Å². The van der Waals surface area contributed by atoms with Crippen LogP contribution in [0.2, 0.25) is 0 Å². The van der Waals surface area contributed by atoms with Crippen LogP contribution in [0.25, 0.3) is 0 Å². The van der Waals surface area contributed by atoms with Gasteiger partial charge in [0.05, 0.1) is 0 Å². The monoisotopic (exact) mass is 241 g/mol. The average Bonchev–Trinajstić information content (AvgIpc) is 2.29. The van der Waals surface area contributed by atoms with Gasteiger partial charge in [-0.25, -0.2) is 0 Å². The van der Waals surface area contributed by atoms with Crippen LogP contribution in [0.1, 0.15) is 38.5 Å². The van der Waals surface area contributed by atoms with Gasteiger partial charge in [0.2, 0.25) is 5.91 Å². The summed E-state index contributed by atoms with van der Waals surface area (Å²) >= 11 is 0. The van der Waals surface area contributed by atoms with E-state index in [0.717, 1.165) is 25.8 Å². The number of carbonyl (C=O) groups is 1. The number of nitrogens with one attached hydrogen (secondary N) is 2. The predicted molar refractivity (Wildman–Crippen MR) is 71.0 cm³/mol. The fourth-order valence-electron chi connectivity index (χ4n) is 2.49. The molecule has 1 amide bonds. The van der Waals surface area contributed by atoms with Crippen molar-refractivity contribution >= 4 is 5.91 Å². The standard InChI is InChI=1S/C13H27N3O/c1-14-9-5-8-13(17)15-11-6-4-7-12(10-11)16(2)3/h11-12,14H,4-10H2,1-3H3,(H,15,17). The first-order valence-corrected chi connectivity index (χ1v) is 6.74. The Hall–Kier alpha value is -0.610. The molecule has 2 N–H and O–H groups in total. The van der Waals surface area contributed by atoms with Gasteiger partial charge in [-0.05, 0) is 59.8 Å². The summed E-state index contributed by atoms with van der Waals surface area (Å²) < 4.78 is 0. The minimum Gasteiger partial charge on any atom is -0.353 e. The van der Waals surface area contributed by atoms with Gasteiger partial charge < -0.3 is 15.5 Å². The van der Waals surface area contributed by atoms with Gasteiger partial charge in [0, 0.05) is 18.5 Å². The second-order valence-electron chi connectivity index (χ2n) is 5.26. The number of nitrogens with zero attached hydrogens (tertiary/aromatic N) is 1. The van der Waals surface area contributed by atoms with Gasteiger partial charge in [0.15, 0.2) is 0 Å². The van der Waals surface area contributed by atoms with E-state index in [0.29, 0.717) is 18.5 Å². The molecule has 0 bridgehead atoms. The molecular weight excluding hydrogens is 214 g/mol. The van der Waals surface area contributed by atoms with Crippen molar-refractivity contribution in [1.82, 2.24) is 15.5 Å². The molecule has 0 aliphatic heterocycles. The van der Waals surface area contributed by atoms with Gasteiger partial charge in [-0.1, -0.05) is 0 Å². The molecule has 0 aromatic carbocycles. The third-order valence-corrected chi connectivity index (χ3v) is 3.57. The minimum absolute atomic E-state index is 0.213. The van der Waals surface area contributed by atoms with Crippen molar-refractivity contribution in [3.63, 3.8) is 0 Å². The molecule has 0 radical (unpaired) electrons. The lowest BCUT2D eigenvalue weighted by atomic mass is 9.90. The summed E-state index contributed by atoms with van der Waals surface area (Å²) in [6, 6.07) is 1.02. The molecule has 2 unspecified atom stereocenters. The maximum absolute atomic E-state index is 11.7. The van der Waals surface area contributed by atoms with Crippen LogP contribution in [-0.4, -0.2) is 50.6 Å². The highest BCUT2D eigenvalue weighted by molar-refractivity contribution is 5.76. The van der Waals surface area contributed by atoms with Crippen LogP contribution in [0, 0.1) is 0 Å². The molecule has 17 heavy (non-hydrogen) atoms. The Morgan fingerprint density at radius 1 is 1.35 bits per heavy atom. The molecule has 0 aromatic heterocycles. The van der Waals surface area contributed by atoms with Gasteiger partial charge in [-0.3, -0.25) is 4.79 Å². The van der Waals surface area contributed by atoms with Crippen molar-refractivity contribution in [2.45, 2.75) is 50.6 Å². The number of hydrogen-bond acceptors (Lipinski definition) is 3. The molecule has 1 rings (SSSR count). The Bertz CT molecular complexity index is 231.